The van der Waals surface area contributed by atoms with Gasteiger partial charge in [-0.1, -0.05) is 22.0 Å². The first-order valence-corrected chi connectivity index (χ1v) is 13.7. The molecule has 10 heteroatoms. The number of halogens is 1. The summed E-state index contributed by atoms with van der Waals surface area (Å²) >= 11 is 3.43. The maximum absolute atomic E-state index is 13.5. The van der Waals surface area contributed by atoms with Gasteiger partial charge in [-0.3, -0.25) is 4.79 Å². The van der Waals surface area contributed by atoms with Crippen molar-refractivity contribution in [3.63, 3.8) is 0 Å². The van der Waals surface area contributed by atoms with Gasteiger partial charge in [0.15, 0.2) is 15.5 Å². The number of amides is 1. The highest BCUT2D eigenvalue weighted by atomic mass is 79.9. The van der Waals surface area contributed by atoms with E-state index in [9.17, 15) is 13.2 Å². The van der Waals surface area contributed by atoms with Gasteiger partial charge in [0.1, 0.15) is 5.75 Å². The lowest BCUT2D eigenvalue weighted by Crippen LogP contribution is -2.15. The van der Waals surface area contributed by atoms with E-state index < -0.39 is 9.84 Å². The number of nitrogens with zero attached hydrogens (tertiary/aromatic N) is 3. The Balaban J connectivity index is 1.67. The van der Waals surface area contributed by atoms with Crippen LogP contribution in [0.25, 0.3) is 22.3 Å². The Morgan fingerprint density at radius 2 is 1.94 bits per heavy atom. The molecule has 0 aliphatic carbocycles. The molecule has 0 bridgehead atoms. The SMILES string of the molecule is COc1ccc(-c2cc(C(=O)Nc3cccc(Br)c3)c3c(C)nn(C4CCS(=O)(=O)C4)c3n2)cc1. The molecule has 35 heavy (non-hydrogen) atoms. The number of pyridine rings is 1. The Morgan fingerprint density at radius 3 is 2.60 bits per heavy atom. The van der Waals surface area contributed by atoms with Crippen molar-refractivity contribution in [2.45, 2.75) is 19.4 Å². The normalized spacial score (nSPS) is 16.9. The maximum atomic E-state index is 13.5. The standard InChI is InChI=1S/C25H23BrN4O4S/c1-15-23-21(25(31)27-18-5-3-4-17(26)12-18)13-22(16-6-8-20(34-2)9-7-16)28-24(23)30(29-15)19-10-11-35(32,33)14-19/h3-9,12-13,19H,10-11,14H2,1-2H3,(H,27,31). The number of ether oxygens (including phenoxy) is 1. The molecule has 2 aromatic carbocycles. The highest BCUT2D eigenvalue weighted by Crippen LogP contribution is 2.33. The summed E-state index contributed by atoms with van der Waals surface area (Å²) in [6.45, 7) is 1.81. The fourth-order valence-electron chi connectivity index (χ4n) is 4.39. The molecule has 1 amide bonds. The van der Waals surface area contributed by atoms with E-state index >= 15 is 0 Å². The van der Waals surface area contributed by atoms with Crippen LogP contribution in [0.1, 0.15) is 28.5 Å². The maximum Gasteiger partial charge on any atom is 0.256 e. The van der Waals surface area contributed by atoms with E-state index in [0.29, 0.717) is 45.8 Å². The van der Waals surface area contributed by atoms with Crippen LogP contribution in [0, 0.1) is 6.92 Å². The molecular formula is C25H23BrN4O4S. The van der Waals surface area contributed by atoms with E-state index in [1.54, 1.807) is 17.9 Å². The lowest BCUT2D eigenvalue weighted by atomic mass is 10.0. The summed E-state index contributed by atoms with van der Waals surface area (Å²) in [6, 6.07) is 16.2. The van der Waals surface area contributed by atoms with Gasteiger partial charge in [-0.15, -0.1) is 0 Å². The molecule has 3 heterocycles. The highest BCUT2D eigenvalue weighted by molar-refractivity contribution is 9.10. The van der Waals surface area contributed by atoms with Gasteiger partial charge >= 0.3 is 0 Å². The Hall–Kier alpha value is -3.24. The van der Waals surface area contributed by atoms with Gasteiger partial charge in [0, 0.05) is 15.7 Å². The third kappa shape index (κ3) is 4.68. The van der Waals surface area contributed by atoms with E-state index in [1.807, 2.05) is 55.5 Å². The van der Waals surface area contributed by atoms with Crippen molar-refractivity contribution in [2.24, 2.45) is 0 Å². The van der Waals surface area contributed by atoms with Gasteiger partial charge in [-0.05, 0) is 61.9 Å². The molecule has 0 saturated carbocycles. The number of benzene rings is 2. The Morgan fingerprint density at radius 1 is 1.17 bits per heavy atom. The number of carbonyl (C=O) groups excluding carboxylic acids is 1. The molecule has 5 rings (SSSR count). The second-order valence-electron chi connectivity index (χ2n) is 8.53. The van der Waals surface area contributed by atoms with Crippen molar-refractivity contribution in [3.05, 3.63) is 70.3 Å². The monoisotopic (exact) mass is 554 g/mol. The van der Waals surface area contributed by atoms with E-state index in [1.165, 1.54) is 0 Å². The number of hydrogen-bond donors (Lipinski definition) is 1. The summed E-state index contributed by atoms with van der Waals surface area (Å²) < 4.78 is 32.1. The van der Waals surface area contributed by atoms with E-state index in [-0.39, 0.29) is 23.5 Å². The second kappa shape index (κ2) is 9.09. The molecule has 8 nitrogen and oxygen atoms in total. The molecule has 180 valence electrons. The molecule has 4 aromatic rings. The molecule has 1 atom stereocenters. The molecular weight excluding hydrogens is 532 g/mol. The third-order valence-electron chi connectivity index (χ3n) is 6.10. The summed E-state index contributed by atoms with van der Waals surface area (Å²) in [6.07, 6.45) is 0.465. The number of rotatable bonds is 5. The first-order chi connectivity index (χ1) is 16.7. The number of sulfone groups is 1. The smallest absolute Gasteiger partial charge is 0.256 e. The molecule has 0 spiro atoms. The summed E-state index contributed by atoms with van der Waals surface area (Å²) in [4.78, 5) is 18.4. The minimum atomic E-state index is -3.13. The van der Waals surface area contributed by atoms with Gasteiger partial charge in [-0.2, -0.15) is 5.10 Å². The zero-order chi connectivity index (χ0) is 24.7. The molecule has 1 unspecified atom stereocenters. The van der Waals surface area contributed by atoms with Gasteiger partial charge in [0.2, 0.25) is 0 Å². The number of aromatic nitrogens is 3. The molecule has 1 saturated heterocycles. The highest BCUT2D eigenvalue weighted by Gasteiger charge is 2.32. The summed E-state index contributed by atoms with van der Waals surface area (Å²) in [7, 11) is -1.53. The molecule has 0 radical (unpaired) electrons. The number of methoxy groups -OCH3 is 1. The molecule has 1 N–H and O–H groups in total. The number of carbonyl (C=O) groups is 1. The van der Waals surface area contributed by atoms with Crippen LogP contribution in [0.15, 0.2) is 59.1 Å². The lowest BCUT2D eigenvalue weighted by Gasteiger charge is -2.13. The average molecular weight is 555 g/mol. The number of fused-ring (bicyclic) bond motifs is 1. The first kappa shape index (κ1) is 23.5. The number of aryl methyl sites for hydroxylation is 1. The largest absolute Gasteiger partial charge is 0.497 e. The molecule has 1 fully saturated rings. The Bertz CT molecular complexity index is 1550. The van der Waals surface area contributed by atoms with Crippen molar-refractivity contribution >= 4 is 48.4 Å². The zero-order valence-corrected chi connectivity index (χ0v) is 21.6. The predicted octanol–water partition coefficient (Wildman–Crippen LogP) is 4.79. The Labute approximate surface area is 211 Å². The fraction of sp³-hybridized carbons (Fsp3) is 0.240. The quantitative estimate of drug-likeness (QED) is 0.380. The van der Waals surface area contributed by atoms with Crippen LogP contribution >= 0.6 is 15.9 Å². The van der Waals surface area contributed by atoms with E-state index in [2.05, 4.69) is 26.3 Å². The predicted molar refractivity (Wildman–Crippen MR) is 139 cm³/mol. The van der Waals surface area contributed by atoms with Crippen LogP contribution in [-0.2, 0) is 9.84 Å². The van der Waals surface area contributed by atoms with Crippen LogP contribution in [0.3, 0.4) is 0 Å². The summed E-state index contributed by atoms with van der Waals surface area (Å²) in [5.41, 5.74) is 3.57. The van der Waals surface area contributed by atoms with Crippen molar-refractivity contribution < 1.29 is 17.9 Å². The van der Waals surface area contributed by atoms with Gasteiger partial charge < -0.3 is 10.1 Å². The number of nitrogens with one attached hydrogen (secondary N) is 1. The van der Waals surface area contributed by atoms with Crippen LogP contribution in [0.4, 0.5) is 5.69 Å². The van der Waals surface area contributed by atoms with Crippen LogP contribution in [0.5, 0.6) is 5.75 Å². The number of hydrogen-bond acceptors (Lipinski definition) is 6. The minimum Gasteiger partial charge on any atom is -0.497 e. The molecule has 1 aliphatic heterocycles. The van der Waals surface area contributed by atoms with Gasteiger partial charge in [0.25, 0.3) is 5.91 Å². The van der Waals surface area contributed by atoms with Crippen molar-refractivity contribution in [1.82, 2.24) is 14.8 Å². The fourth-order valence-corrected chi connectivity index (χ4v) is 6.48. The molecule has 2 aromatic heterocycles. The van der Waals surface area contributed by atoms with Crippen molar-refractivity contribution in [3.8, 4) is 17.0 Å². The average Bonchev–Trinajstić information content (AvgIpc) is 3.37. The van der Waals surface area contributed by atoms with E-state index in [0.717, 1.165) is 10.0 Å². The molecule has 1 aliphatic rings. The first-order valence-electron chi connectivity index (χ1n) is 11.1. The van der Waals surface area contributed by atoms with Crippen LogP contribution < -0.4 is 10.1 Å². The Kier molecular flexibility index (Phi) is 6.10. The topological polar surface area (TPSA) is 103 Å². The second-order valence-corrected chi connectivity index (χ2v) is 11.7. The summed E-state index contributed by atoms with van der Waals surface area (Å²) in [5, 5.41) is 8.21. The van der Waals surface area contributed by atoms with Gasteiger partial charge in [0.05, 0.1) is 47.0 Å². The lowest BCUT2D eigenvalue weighted by molar-refractivity contribution is 0.102. The van der Waals surface area contributed by atoms with Crippen LogP contribution in [0.2, 0.25) is 0 Å². The summed E-state index contributed by atoms with van der Waals surface area (Å²) in [5.74, 6) is 0.537. The van der Waals surface area contributed by atoms with E-state index in [4.69, 9.17) is 9.72 Å². The minimum absolute atomic E-state index is 0.0111. The van der Waals surface area contributed by atoms with Gasteiger partial charge in [-0.25, -0.2) is 18.1 Å². The van der Waals surface area contributed by atoms with Crippen LogP contribution in [-0.4, -0.2) is 47.7 Å². The number of anilines is 1. The van der Waals surface area contributed by atoms with Crippen molar-refractivity contribution in [2.75, 3.05) is 23.9 Å². The van der Waals surface area contributed by atoms with Crippen molar-refractivity contribution in [1.29, 1.82) is 0 Å². The third-order valence-corrected chi connectivity index (χ3v) is 8.35. The zero-order valence-electron chi connectivity index (χ0n) is 19.2.